The quantitative estimate of drug-likeness (QED) is 0.900. The second-order valence-electron chi connectivity index (χ2n) is 7.58. The lowest BCUT2D eigenvalue weighted by molar-refractivity contribution is -0.120. The van der Waals surface area contributed by atoms with Gasteiger partial charge >= 0.3 is 0 Å². The van der Waals surface area contributed by atoms with E-state index in [1.807, 2.05) is 19.9 Å². The smallest absolute Gasteiger partial charge is 0.257 e. The van der Waals surface area contributed by atoms with Crippen molar-refractivity contribution in [3.8, 4) is 0 Å². The lowest BCUT2D eigenvalue weighted by Crippen LogP contribution is -2.30. The van der Waals surface area contributed by atoms with Gasteiger partial charge in [0.2, 0.25) is 5.91 Å². The Morgan fingerprint density at radius 2 is 1.96 bits per heavy atom. The second kappa shape index (κ2) is 6.78. The topological polar surface area (TPSA) is 88.7 Å². The molecular formula is C19H25N5O2. The zero-order valence-electron chi connectivity index (χ0n) is 15.4. The summed E-state index contributed by atoms with van der Waals surface area (Å²) in [6.45, 7) is 3.80. The third-order valence-corrected chi connectivity index (χ3v) is 5.59. The van der Waals surface area contributed by atoms with Crippen molar-refractivity contribution in [2.45, 2.75) is 64.7 Å². The largest absolute Gasteiger partial charge is 0.310 e. The normalized spacial score (nSPS) is 23.8. The van der Waals surface area contributed by atoms with Crippen LogP contribution in [0.1, 0.15) is 70.4 Å². The number of hydrogen-bond donors (Lipinski definition) is 1. The summed E-state index contributed by atoms with van der Waals surface area (Å²) in [6.07, 6.45) is 6.98. The number of aromatic nitrogens is 2. The van der Waals surface area contributed by atoms with E-state index in [1.165, 1.54) is 4.68 Å². The molecule has 1 aromatic heterocycles. The Bertz CT molecular complexity index is 797. The molecule has 0 spiro atoms. The highest BCUT2D eigenvalue weighted by molar-refractivity contribution is 6.15. The summed E-state index contributed by atoms with van der Waals surface area (Å²) in [5.41, 5.74) is 1.69. The van der Waals surface area contributed by atoms with Crippen molar-refractivity contribution in [2.75, 3.05) is 5.32 Å². The third-order valence-electron chi connectivity index (χ3n) is 5.59. The van der Waals surface area contributed by atoms with Crippen molar-refractivity contribution in [2.24, 2.45) is 21.8 Å². The van der Waals surface area contributed by atoms with Crippen LogP contribution >= 0.6 is 0 Å². The van der Waals surface area contributed by atoms with Crippen LogP contribution in [0.4, 0.5) is 5.82 Å². The SMILES string of the molecule is CCC1C(=O)N=C(n2nc(C3CC3)cc2NC(=O)C2CCCC2)N=C1C. The van der Waals surface area contributed by atoms with E-state index >= 15 is 0 Å². The Hall–Kier alpha value is -2.31. The summed E-state index contributed by atoms with van der Waals surface area (Å²) < 4.78 is 1.54. The standard InChI is InChI=1S/C19H25N5O2/c1-3-14-11(2)20-19(22-18(14)26)24-16(10-15(23-24)12-8-9-12)21-17(25)13-6-4-5-7-13/h10,12-14H,3-9H2,1-2H3,(H,21,25). The lowest BCUT2D eigenvalue weighted by atomic mass is 10.00. The Balaban J connectivity index is 1.64. The predicted molar refractivity (Wildman–Crippen MR) is 99.5 cm³/mol. The Kier molecular flexibility index (Phi) is 4.46. The zero-order chi connectivity index (χ0) is 18.3. The summed E-state index contributed by atoms with van der Waals surface area (Å²) in [5, 5.41) is 7.61. The summed E-state index contributed by atoms with van der Waals surface area (Å²) in [6, 6.07) is 1.91. The molecule has 1 aromatic rings. The molecule has 1 atom stereocenters. The molecule has 0 radical (unpaired) electrons. The highest BCUT2D eigenvalue weighted by Crippen LogP contribution is 2.40. The molecule has 0 aromatic carbocycles. The molecule has 7 nitrogen and oxygen atoms in total. The molecule has 3 aliphatic rings. The van der Waals surface area contributed by atoms with E-state index in [2.05, 4.69) is 20.4 Å². The maximum Gasteiger partial charge on any atom is 0.257 e. The highest BCUT2D eigenvalue weighted by Gasteiger charge is 2.31. The van der Waals surface area contributed by atoms with E-state index in [9.17, 15) is 9.59 Å². The van der Waals surface area contributed by atoms with Crippen LogP contribution in [0, 0.1) is 11.8 Å². The number of anilines is 1. The van der Waals surface area contributed by atoms with Crippen molar-refractivity contribution in [3.05, 3.63) is 11.8 Å². The van der Waals surface area contributed by atoms with Gasteiger partial charge in [-0.3, -0.25) is 9.59 Å². The van der Waals surface area contributed by atoms with Crippen molar-refractivity contribution < 1.29 is 9.59 Å². The number of rotatable bonds is 4. The lowest BCUT2D eigenvalue weighted by Gasteiger charge is -2.18. The predicted octanol–water partition coefficient (Wildman–Crippen LogP) is 3.12. The molecule has 1 N–H and O–H groups in total. The van der Waals surface area contributed by atoms with Crippen LogP contribution in [0.15, 0.2) is 16.1 Å². The maximum absolute atomic E-state index is 12.6. The van der Waals surface area contributed by atoms with E-state index in [4.69, 9.17) is 0 Å². The molecule has 7 heteroatoms. The van der Waals surface area contributed by atoms with Gasteiger partial charge in [0.1, 0.15) is 5.82 Å². The van der Waals surface area contributed by atoms with Crippen molar-refractivity contribution in [3.63, 3.8) is 0 Å². The van der Waals surface area contributed by atoms with Gasteiger partial charge in [0, 0.05) is 23.6 Å². The van der Waals surface area contributed by atoms with Crippen molar-refractivity contribution in [1.29, 1.82) is 0 Å². The minimum atomic E-state index is -0.256. The van der Waals surface area contributed by atoms with Gasteiger partial charge in [0.15, 0.2) is 0 Å². The van der Waals surface area contributed by atoms with Crippen LogP contribution in [0.25, 0.3) is 0 Å². The summed E-state index contributed by atoms with van der Waals surface area (Å²) in [5.74, 6) is 0.910. The van der Waals surface area contributed by atoms with Gasteiger partial charge in [-0.15, -0.1) is 0 Å². The summed E-state index contributed by atoms with van der Waals surface area (Å²) in [4.78, 5) is 33.6. The van der Waals surface area contributed by atoms with Crippen LogP contribution in [-0.4, -0.2) is 33.3 Å². The first-order valence-electron chi connectivity index (χ1n) is 9.65. The Morgan fingerprint density at radius 3 is 2.58 bits per heavy atom. The summed E-state index contributed by atoms with van der Waals surface area (Å²) in [7, 11) is 0. The van der Waals surface area contributed by atoms with Gasteiger partial charge in [-0.05, 0) is 39.0 Å². The fourth-order valence-electron chi connectivity index (χ4n) is 3.82. The number of carbonyl (C=O) groups excluding carboxylic acids is 2. The molecule has 2 amide bonds. The van der Waals surface area contributed by atoms with Crippen LogP contribution in [0.3, 0.4) is 0 Å². The van der Waals surface area contributed by atoms with Crippen molar-refractivity contribution >= 4 is 29.3 Å². The van der Waals surface area contributed by atoms with E-state index in [-0.39, 0.29) is 29.6 Å². The van der Waals surface area contributed by atoms with Crippen LogP contribution in [0.5, 0.6) is 0 Å². The number of amides is 2. The number of aliphatic imine (C=N–C) groups is 2. The first-order chi connectivity index (χ1) is 12.6. The maximum atomic E-state index is 12.6. The average Bonchev–Trinajstić information content (AvgIpc) is 3.15. The van der Waals surface area contributed by atoms with Gasteiger partial charge in [-0.1, -0.05) is 19.8 Å². The number of hydrogen-bond acceptors (Lipinski definition) is 4. The molecule has 138 valence electrons. The van der Waals surface area contributed by atoms with Gasteiger partial charge in [-0.25, -0.2) is 4.99 Å². The molecule has 1 unspecified atom stereocenters. The Labute approximate surface area is 153 Å². The third kappa shape index (κ3) is 3.22. The number of nitrogens with one attached hydrogen (secondary N) is 1. The van der Waals surface area contributed by atoms with Gasteiger partial charge < -0.3 is 5.32 Å². The molecule has 2 saturated carbocycles. The number of carbonyl (C=O) groups is 2. The van der Waals surface area contributed by atoms with Gasteiger partial charge in [-0.2, -0.15) is 14.8 Å². The molecule has 2 heterocycles. The van der Waals surface area contributed by atoms with E-state index in [1.54, 1.807) is 0 Å². The Morgan fingerprint density at radius 1 is 1.23 bits per heavy atom. The molecule has 0 bridgehead atoms. The van der Waals surface area contributed by atoms with E-state index < -0.39 is 0 Å². The first-order valence-corrected chi connectivity index (χ1v) is 9.65. The molecule has 2 aliphatic carbocycles. The summed E-state index contributed by atoms with van der Waals surface area (Å²) >= 11 is 0. The van der Waals surface area contributed by atoms with Crippen molar-refractivity contribution in [1.82, 2.24) is 9.78 Å². The molecule has 2 fully saturated rings. The van der Waals surface area contributed by atoms with Crippen LogP contribution in [-0.2, 0) is 9.59 Å². The van der Waals surface area contributed by atoms with Gasteiger partial charge in [0.05, 0.1) is 11.6 Å². The number of nitrogens with zero attached hydrogens (tertiary/aromatic N) is 4. The van der Waals surface area contributed by atoms with Gasteiger partial charge in [0.25, 0.3) is 11.9 Å². The molecule has 1 aliphatic heterocycles. The molecule has 0 saturated heterocycles. The molecule has 4 rings (SSSR count). The van der Waals surface area contributed by atoms with Crippen LogP contribution in [0.2, 0.25) is 0 Å². The average molecular weight is 355 g/mol. The second-order valence-corrected chi connectivity index (χ2v) is 7.58. The minimum Gasteiger partial charge on any atom is -0.310 e. The monoisotopic (exact) mass is 355 g/mol. The minimum absolute atomic E-state index is 0.0286. The molecular weight excluding hydrogens is 330 g/mol. The highest BCUT2D eigenvalue weighted by atomic mass is 16.2. The fourth-order valence-corrected chi connectivity index (χ4v) is 3.82. The zero-order valence-corrected chi connectivity index (χ0v) is 15.4. The fraction of sp³-hybridized carbons (Fsp3) is 0.632. The van der Waals surface area contributed by atoms with E-state index in [0.717, 1.165) is 49.9 Å². The van der Waals surface area contributed by atoms with Crippen LogP contribution < -0.4 is 5.32 Å². The first kappa shape index (κ1) is 17.1. The van der Waals surface area contributed by atoms with E-state index in [0.29, 0.717) is 18.2 Å². The molecule has 26 heavy (non-hydrogen) atoms.